The maximum absolute atomic E-state index is 14.3. The van der Waals surface area contributed by atoms with Crippen LogP contribution < -0.4 is 10.2 Å². The molecule has 1 N–H and O–H groups in total. The molecular formula is C28H31FN4O2S. The highest BCUT2D eigenvalue weighted by molar-refractivity contribution is 8.00. The molecule has 1 aromatic heterocycles. The number of hydrogen-bond donors (Lipinski definition) is 1. The normalized spacial score (nSPS) is 18.1. The van der Waals surface area contributed by atoms with Gasteiger partial charge in [0.2, 0.25) is 11.8 Å². The topological polar surface area (TPSA) is 67.2 Å². The van der Waals surface area contributed by atoms with Crippen LogP contribution in [0.5, 0.6) is 0 Å². The Morgan fingerprint density at radius 3 is 2.58 bits per heavy atom. The fraction of sp³-hybridized carbons (Fsp3) is 0.393. The summed E-state index contributed by atoms with van der Waals surface area (Å²) in [5.41, 5.74) is 4.07. The van der Waals surface area contributed by atoms with E-state index in [2.05, 4.69) is 38.2 Å². The number of nitrogens with one attached hydrogen (secondary N) is 1. The van der Waals surface area contributed by atoms with Crippen LogP contribution in [0.3, 0.4) is 0 Å². The molecule has 2 amide bonds. The van der Waals surface area contributed by atoms with E-state index in [1.807, 2.05) is 19.1 Å². The lowest BCUT2D eigenvalue weighted by molar-refractivity contribution is -0.123. The number of carbonyl (C=O) groups excluding carboxylic acids is 2. The van der Waals surface area contributed by atoms with E-state index in [-0.39, 0.29) is 40.8 Å². The lowest BCUT2D eigenvalue weighted by Gasteiger charge is -2.24. The monoisotopic (exact) mass is 506 g/mol. The molecule has 2 aromatic carbocycles. The van der Waals surface area contributed by atoms with E-state index in [0.717, 1.165) is 35.2 Å². The molecule has 6 nitrogen and oxygen atoms in total. The molecule has 3 aromatic rings. The molecule has 0 unspecified atom stereocenters. The van der Waals surface area contributed by atoms with Gasteiger partial charge in [0.15, 0.2) is 0 Å². The van der Waals surface area contributed by atoms with Gasteiger partial charge >= 0.3 is 0 Å². The summed E-state index contributed by atoms with van der Waals surface area (Å²) in [6, 6.07) is 14.7. The van der Waals surface area contributed by atoms with Crippen molar-refractivity contribution in [3.8, 4) is 5.69 Å². The molecule has 1 atom stereocenters. The molecule has 2 aliphatic rings. The number of amides is 2. The zero-order chi connectivity index (χ0) is 25.6. The minimum atomic E-state index is -0.392. The Morgan fingerprint density at radius 2 is 1.92 bits per heavy atom. The fourth-order valence-corrected chi connectivity index (χ4v) is 5.79. The summed E-state index contributed by atoms with van der Waals surface area (Å²) < 4.78 is 16.0. The van der Waals surface area contributed by atoms with Gasteiger partial charge in [-0.1, -0.05) is 56.7 Å². The average Bonchev–Trinajstić information content (AvgIpc) is 3.55. The van der Waals surface area contributed by atoms with E-state index in [1.165, 1.54) is 12.1 Å². The summed E-state index contributed by atoms with van der Waals surface area (Å²) in [6.45, 7) is 8.20. The minimum Gasteiger partial charge on any atom is -0.352 e. The van der Waals surface area contributed by atoms with E-state index in [1.54, 1.807) is 33.5 Å². The zero-order valence-corrected chi connectivity index (χ0v) is 21.9. The van der Waals surface area contributed by atoms with Crippen LogP contribution >= 0.6 is 11.8 Å². The molecule has 0 bridgehead atoms. The van der Waals surface area contributed by atoms with Crippen molar-refractivity contribution in [3.63, 3.8) is 0 Å². The van der Waals surface area contributed by atoms with Crippen molar-refractivity contribution < 1.29 is 14.0 Å². The third-order valence-electron chi connectivity index (χ3n) is 6.44. The first-order chi connectivity index (χ1) is 17.1. The maximum Gasteiger partial charge on any atom is 0.240 e. The number of aromatic nitrogens is 2. The van der Waals surface area contributed by atoms with Crippen molar-refractivity contribution in [1.29, 1.82) is 0 Å². The van der Waals surface area contributed by atoms with Gasteiger partial charge in [0.1, 0.15) is 18.2 Å². The second-order valence-electron chi connectivity index (χ2n) is 10.7. The third-order valence-corrected chi connectivity index (χ3v) is 7.70. The lowest BCUT2D eigenvalue weighted by Crippen LogP contribution is -2.43. The summed E-state index contributed by atoms with van der Waals surface area (Å²) in [5.74, 6) is 0.00610. The van der Waals surface area contributed by atoms with Gasteiger partial charge in [-0.25, -0.2) is 9.07 Å². The molecule has 0 saturated heterocycles. The Labute approximate surface area is 215 Å². The largest absolute Gasteiger partial charge is 0.352 e. The van der Waals surface area contributed by atoms with Crippen LogP contribution in [0, 0.1) is 12.7 Å². The summed E-state index contributed by atoms with van der Waals surface area (Å²) >= 11 is 1.55. The van der Waals surface area contributed by atoms with Crippen LogP contribution in [-0.2, 0) is 15.0 Å². The number of anilines is 1. The molecule has 5 rings (SSSR count). The Balaban J connectivity index is 1.75. The number of rotatable bonds is 5. The highest BCUT2D eigenvalue weighted by atomic mass is 32.2. The zero-order valence-electron chi connectivity index (χ0n) is 21.0. The van der Waals surface area contributed by atoms with Crippen molar-refractivity contribution in [2.45, 2.75) is 57.2 Å². The molecule has 0 radical (unpaired) electrons. The number of benzene rings is 2. The Kier molecular flexibility index (Phi) is 6.41. The van der Waals surface area contributed by atoms with E-state index in [0.29, 0.717) is 11.5 Å². The molecule has 0 spiro atoms. The lowest BCUT2D eigenvalue weighted by atomic mass is 9.87. The first-order valence-electron chi connectivity index (χ1n) is 12.3. The number of halogens is 1. The first-order valence-corrected chi connectivity index (χ1v) is 13.3. The van der Waals surface area contributed by atoms with E-state index in [9.17, 15) is 14.0 Å². The van der Waals surface area contributed by atoms with Gasteiger partial charge in [-0.05, 0) is 43.5 Å². The van der Waals surface area contributed by atoms with Gasteiger partial charge in [0, 0.05) is 17.0 Å². The summed E-state index contributed by atoms with van der Waals surface area (Å²) in [7, 11) is 0. The van der Waals surface area contributed by atoms with E-state index >= 15 is 0 Å². The summed E-state index contributed by atoms with van der Waals surface area (Å²) in [4.78, 5) is 28.1. The molecule has 188 valence electrons. The highest BCUT2D eigenvalue weighted by Crippen LogP contribution is 2.48. The van der Waals surface area contributed by atoms with Crippen LogP contribution in [0.15, 0.2) is 48.5 Å². The molecule has 2 heterocycles. The Bertz CT molecular complexity index is 1330. The van der Waals surface area contributed by atoms with Gasteiger partial charge in [-0.15, -0.1) is 11.8 Å². The second kappa shape index (κ2) is 9.39. The number of aryl methyl sites for hydroxylation is 1. The standard InChI is InChI=1S/C28H31FN4O2S/c1-17-7-5-8-18(13-17)25-24-26(28(2,3)4)31-33(21-10-6-9-19(29)14-21)27(24)32(23(35)16-36-25)15-22(34)30-20-11-12-20/h5-10,13-14,20,25H,11-12,15-16H2,1-4H3,(H,30,34)/t25-/m1/s1. The number of carbonyl (C=O) groups is 2. The average molecular weight is 507 g/mol. The van der Waals surface area contributed by atoms with Crippen molar-refractivity contribution >= 4 is 29.4 Å². The third kappa shape index (κ3) is 4.91. The quantitative estimate of drug-likeness (QED) is 0.525. The van der Waals surface area contributed by atoms with Gasteiger partial charge in [-0.2, -0.15) is 5.10 Å². The van der Waals surface area contributed by atoms with Gasteiger partial charge in [0.05, 0.1) is 22.4 Å². The molecule has 1 saturated carbocycles. The van der Waals surface area contributed by atoms with E-state index in [4.69, 9.17) is 5.10 Å². The van der Waals surface area contributed by atoms with Crippen LogP contribution in [-0.4, -0.2) is 39.9 Å². The smallest absolute Gasteiger partial charge is 0.240 e. The van der Waals surface area contributed by atoms with Crippen LogP contribution in [0.1, 0.15) is 61.2 Å². The minimum absolute atomic E-state index is 0.103. The van der Waals surface area contributed by atoms with Gasteiger partial charge < -0.3 is 5.32 Å². The number of fused-ring (bicyclic) bond motifs is 1. The SMILES string of the molecule is Cc1cccc([C@H]2SCC(=O)N(CC(=O)NC3CC3)c3c2c(C(C)(C)C)nn3-c2cccc(F)c2)c1. The van der Waals surface area contributed by atoms with Crippen molar-refractivity contribution in [1.82, 2.24) is 15.1 Å². The first kappa shape index (κ1) is 24.6. The Hall–Kier alpha value is -3.13. The van der Waals surface area contributed by atoms with Gasteiger partial charge in [0.25, 0.3) is 0 Å². The van der Waals surface area contributed by atoms with Crippen molar-refractivity contribution in [2.24, 2.45) is 0 Å². The molecule has 36 heavy (non-hydrogen) atoms. The van der Waals surface area contributed by atoms with Gasteiger partial charge in [-0.3, -0.25) is 14.5 Å². The maximum atomic E-state index is 14.3. The molecule has 1 aliphatic carbocycles. The molecule has 1 aliphatic heterocycles. The van der Waals surface area contributed by atoms with Crippen LogP contribution in [0.25, 0.3) is 5.69 Å². The second-order valence-corrected chi connectivity index (χ2v) is 11.7. The fourth-order valence-electron chi connectivity index (χ4n) is 4.60. The number of hydrogen-bond acceptors (Lipinski definition) is 4. The van der Waals surface area contributed by atoms with Crippen LogP contribution in [0.4, 0.5) is 10.2 Å². The van der Waals surface area contributed by atoms with Crippen molar-refractivity contribution in [3.05, 3.63) is 76.7 Å². The summed E-state index contributed by atoms with van der Waals surface area (Å²) in [5, 5.41) is 7.82. The number of thioether (sulfide) groups is 1. The van der Waals surface area contributed by atoms with Crippen molar-refractivity contribution in [2.75, 3.05) is 17.2 Å². The molecule has 1 fully saturated rings. The predicted octanol–water partition coefficient (Wildman–Crippen LogP) is 5.07. The molecule has 8 heteroatoms. The van der Waals surface area contributed by atoms with Crippen LogP contribution in [0.2, 0.25) is 0 Å². The molecular weight excluding hydrogens is 475 g/mol. The highest BCUT2D eigenvalue weighted by Gasteiger charge is 2.40. The Morgan fingerprint density at radius 1 is 1.17 bits per heavy atom. The summed E-state index contributed by atoms with van der Waals surface area (Å²) in [6.07, 6.45) is 1.93. The number of nitrogens with zero attached hydrogens (tertiary/aromatic N) is 3. The van der Waals surface area contributed by atoms with E-state index < -0.39 is 5.82 Å². The predicted molar refractivity (Wildman–Crippen MR) is 141 cm³/mol.